The van der Waals surface area contributed by atoms with E-state index in [2.05, 4.69) is 0 Å². The lowest BCUT2D eigenvalue weighted by Gasteiger charge is -1.94. The van der Waals surface area contributed by atoms with Crippen LogP contribution in [0.25, 0.3) is 0 Å². The standard InChI is InChI=1S/3C4H10O2/c3*1-2-3-4(5)6/h3*4-6H,2-3H2,1H3. The second-order valence-electron chi connectivity index (χ2n) is 3.81. The lowest BCUT2D eigenvalue weighted by atomic mass is 10.3. The summed E-state index contributed by atoms with van der Waals surface area (Å²) < 4.78 is 0. The topological polar surface area (TPSA) is 121 Å². The molecule has 0 aromatic heterocycles. The lowest BCUT2D eigenvalue weighted by molar-refractivity contribution is -0.0460. The minimum Gasteiger partial charge on any atom is -0.368 e. The largest absolute Gasteiger partial charge is 0.368 e. The van der Waals surface area contributed by atoms with Gasteiger partial charge in [0.05, 0.1) is 0 Å². The molecule has 0 aliphatic heterocycles. The van der Waals surface area contributed by atoms with Crippen LogP contribution in [0.2, 0.25) is 0 Å². The van der Waals surface area contributed by atoms with E-state index in [4.69, 9.17) is 30.6 Å². The van der Waals surface area contributed by atoms with E-state index in [1.54, 1.807) is 0 Å². The van der Waals surface area contributed by atoms with E-state index in [-0.39, 0.29) is 0 Å². The Kier molecular flexibility index (Phi) is 24.3. The fraction of sp³-hybridized carbons (Fsp3) is 1.00. The van der Waals surface area contributed by atoms with Gasteiger partial charge in [0.25, 0.3) is 0 Å². The predicted octanol–water partition coefficient (Wildman–Crippen LogP) is 0.292. The smallest absolute Gasteiger partial charge is 0.151 e. The van der Waals surface area contributed by atoms with Crippen molar-refractivity contribution in [3.05, 3.63) is 0 Å². The van der Waals surface area contributed by atoms with Gasteiger partial charge in [-0.15, -0.1) is 0 Å². The molecule has 0 radical (unpaired) electrons. The summed E-state index contributed by atoms with van der Waals surface area (Å²) in [4.78, 5) is 0. The van der Waals surface area contributed by atoms with Gasteiger partial charge >= 0.3 is 0 Å². The molecule has 114 valence electrons. The number of hydrogen-bond donors (Lipinski definition) is 6. The third-order valence-electron chi connectivity index (χ3n) is 1.64. The molecule has 6 N–H and O–H groups in total. The quantitative estimate of drug-likeness (QED) is 0.386. The Balaban J connectivity index is -0.000000187. The maximum Gasteiger partial charge on any atom is 0.151 e. The summed E-state index contributed by atoms with van der Waals surface area (Å²) in [6.07, 6.45) is 0.646. The van der Waals surface area contributed by atoms with Gasteiger partial charge in [-0.1, -0.05) is 40.0 Å². The highest BCUT2D eigenvalue weighted by molar-refractivity contribution is 4.32. The summed E-state index contributed by atoms with van der Waals surface area (Å²) in [5.41, 5.74) is 0. The van der Waals surface area contributed by atoms with Crippen LogP contribution in [0, 0.1) is 0 Å². The Morgan fingerprint density at radius 3 is 0.667 bits per heavy atom. The molecule has 0 rings (SSSR count). The molecule has 0 bridgehead atoms. The van der Waals surface area contributed by atoms with Gasteiger partial charge in [0.2, 0.25) is 0 Å². The van der Waals surface area contributed by atoms with Gasteiger partial charge < -0.3 is 30.6 Å². The predicted molar refractivity (Wildman–Crippen MR) is 69.4 cm³/mol. The molecule has 0 saturated carbocycles. The van der Waals surface area contributed by atoms with Crippen molar-refractivity contribution in [1.82, 2.24) is 0 Å². The van der Waals surface area contributed by atoms with E-state index >= 15 is 0 Å². The Morgan fingerprint density at radius 1 is 0.500 bits per heavy atom. The molecule has 18 heavy (non-hydrogen) atoms. The zero-order valence-electron chi connectivity index (χ0n) is 11.7. The van der Waals surface area contributed by atoms with Gasteiger partial charge in [0.15, 0.2) is 18.9 Å². The molecule has 6 nitrogen and oxygen atoms in total. The van der Waals surface area contributed by atoms with Crippen molar-refractivity contribution >= 4 is 0 Å². The minimum absolute atomic E-state index is 0.486. The molecule has 6 heteroatoms. The molecular formula is C12H30O6. The number of hydrogen-bond acceptors (Lipinski definition) is 6. The molecule has 0 aliphatic rings. The first-order chi connectivity index (χ1) is 8.31. The summed E-state index contributed by atoms with van der Waals surface area (Å²) in [5, 5.41) is 48.6. The van der Waals surface area contributed by atoms with Crippen molar-refractivity contribution in [2.75, 3.05) is 0 Å². The summed E-state index contributed by atoms with van der Waals surface area (Å²) in [6.45, 7) is 5.71. The summed E-state index contributed by atoms with van der Waals surface area (Å²) in [5.74, 6) is 0. The zero-order chi connectivity index (χ0) is 15.0. The first kappa shape index (κ1) is 22.9. The number of aliphatic hydroxyl groups excluding tert-OH is 3. The average Bonchev–Trinajstić information content (AvgIpc) is 2.18. The molecule has 0 fully saturated rings. The summed E-state index contributed by atoms with van der Waals surface area (Å²) in [7, 11) is 0. The van der Waals surface area contributed by atoms with Gasteiger partial charge in [0, 0.05) is 0 Å². The highest BCUT2D eigenvalue weighted by atomic mass is 16.5. The summed E-state index contributed by atoms with van der Waals surface area (Å²) >= 11 is 0. The molecule has 0 saturated heterocycles. The van der Waals surface area contributed by atoms with Crippen molar-refractivity contribution in [3.8, 4) is 0 Å². The molecule has 0 aliphatic carbocycles. The van der Waals surface area contributed by atoms with Crippen molar-refractivity contribution in [2.45, 2.75) is 78.2 Å². The first-order valence-corrected chi connectivity index (χ1v) is 6.40. The monoisotopic (exact) mass is 270 g/mol. The molecule has 0 atom stereocenters. The van der Waals surface area contributed by atoms with E-state index in [1.807, 2.05) is 20.8 Å². The van der Waals surface area contributed by atoms with Gasteiger partial charge in [-0.2, -0.15) is 0 Å². The fourth-order valence-electron chi connectivity index (χ4n) is 0.775. The van der Waals surface area contributed by atoms with Crippen LogP contribution >= 0.6 is 0 Å². The molecular weight excluding hydrogens is 240 g/mol. The Morgan fingerprint density at radius 2 is 0.667 bits per heavy atom. The Labute approximate surface area is 110 Å². The number of rotatable bonds is 6. The van der Waals surface area contributed by atoms with Crippen LogP contribution in [-0.4, -0.2) is 49.5 Å². The van der Waals surface area contributed by atoms with Crippen LogP contribution < -0.4 is 0 Å². The van der Waals surface area contributed by atoms with Crippen molar-refractivity contribution in [2.24, 2.45) is 0 Å². The maximum atomic E-state index is 8.11. The third kappa shape index (κ3) is 44.7. The molecule has 0 amide bonds. The normalized spacial score (nSPS) is 10.0. The molecule has 0 aromatic rings. The first-order valence-electron chi connectivity index (χ1n) is 6.40. The second-order valence-corrected chi connectivity index (χ2v) is 3.81. The van der Waals surface area contributed by atoms with E-state index in [0.717, 1.165) is 19.3 Å². The van der Waals surface area contributed by atoms with Crippen LogP contribution in [-0.2, 0) is 0 Å². The van der Waals surface area contributed by atoms with E-state index in [0.29, 0.717) is 19.3 Å². The summed E-state index contributed by atoms with van der Waals surface area (Å²) in [6, 6.07) is 0. The Hall–Kier alpha value is -0.240. The average molecular weight is 270 g/mol. The molecule has 0 aromatic carbocycles. The molecule has 0 unspecified atom stereocenters. The van der Waals surface area contributed by atoms with Gasteiger partial charge in [-0.25, -0.2) is 0 Å². The van der Waals surface area contributed by atoms with E-state index in [1.165, 1.54) is 0 Å². The van der Waals surface area contributed by atoms with Gasteiger partial charge in [0.1, 0.15) is 0 Å². The second kappa shape index (κ2) is 19.1. The fourth-order valence-corrected chi connectivity index (χ4v) is 0.775. The number of aliphatic hydroxyl groups is 6. The zero-order valence-corrected chi connectivity index (χ0v) is 11.7. The highest BCUT2D eigenvalue weighted by Crippen LogP contribution is 1.89. The van der Waals surface area contributed by atoms with Crippen LogP contribution in [0.4, 0.5) is 0 Å². The van der Waals surface area contributed by atoms with Crippen molar-refractivity contribution < 1.29 is 30.6 Å². The van der Waals surface area contributed by atoms with Crippen molar-refractivity contribution in [1.29, 1.82) is 0 Å². The van der Waals surface area contributed by atoms with Crippen LogP contribution in [0.15, 0.2) is 0 Å². The van der Waals surface area contributed by atoms with E-state index < -0.39 is 18.9 Å². The molecule has 0 heterocycles. The maximum absolute atomic E-state index is 8.11. The van der Waals surface area contributed by atoms with Crippen LogP contribution in [0.5, 0.6) is 0 Å². The minimum atomic E-state index is -1.10. The van der Waals surface area contributed by atoms with E-state index in [9.17, 15) is 0 Å². The lowest BCUT2D eigenvalue weighted by Crippen LogP contribution is -2.01. The highest BCUT2D eigenvalue weighted by Gasteiger charge is 1.90. The van der Waals surface area contributed by atoms with Gasteiger partial charge in [-0.05, 0) is 19.3 Å². The Bertz CT molecular complexity index is 104. The van der Waals surface area contributed by atoms with Crippen LogP contribution in [0.1, 0.15) is 59.3 Å². The molecule has 0 spiro atoms. The van der Waals surface area contributed by atoms with Crippen molar-refractivity contribution in [3.63, 3.8) is 0 Å². The third-order valence-corrected chi connectivity index (χ3v) is 1.64. The van der Waals surface area contributed by atoms with Gasteiger partial charge in [-0.3, -0.25) is 0 Å². The SMILES string of the molecule is CCCC(O)O.CCCC(O)O.CCCC(O)O. The van der Waals surface area contributed by atoms with Crippen LogP contribution in [0.3, 0.4) is 0 Å².